The van der Waals surface area contributed by atoms with Crippen LogP contribution in [0.2, 0.25) is 0 Å². The number of benzene rings is 1. The molecule has 3 aromatic rings. The van der Waals surface area contributed by atoms with Gasteiger partial charge in [-0.25, -0.2) is 4.39 Å². The zero-order valence-corrected chi connectivity index (χ0v) is 15.5. The molecule has 8 heteroatoms. The number of aryl methyl sites for hydroxylation is 1. The average Bonchev–Trinajstić information content (AvgIpc) is 3.33. The highest BCUT2D eigenvalue weighted by atomic mass is 19.1. The van der Waals surface area contributed by atoms with Crippen LogP contribution in [-0.4, -0.2) is 31.1 Å². The summed E-state index contributed by atoms with van der Waals surface area (Å²) in [6.07, 6.45) is 9.47. The molecule has 0 spiro atoms. The third-order valence-corrected chi connectivity index (χ3v) is 5.17. The zero-order chi connectivity index (χ0) is 19.5. The maximum Gasteiger partial charge on any atom is 0.300 e. The van der Waals surface area contributed by atoms with E-state index in [4.69, 9.17) is 0 Å². The molecule has 0 bridgehead atoms. The normalized spacial score (nSPS) is 14.6. The van der Waals surface area contributed by atoms with E-state index in [1.165, 1.54) is 41.7 Å². The third kappa shape index (κ3) is 3.81. The van der Waals surface area contributed by atoms with Gasteiger partial charge in [0.1, 0.15) is 11.6 Å². The van der Waals surface area contributed by atoms with E-state index in [1.807, 2.05) is 0 Å². The predicted molar refractivity (Wildman–Crippen MR) is 102 cm³/mol. The molecular formula is C20H22FN5O2. The second-order valence-electron chi connectivity index (χ2n) is 7.16. The lowest BCUT2D eigenvalue weighted by Crippen LogP contribution is -2.32. The molecule has 0 atom stereocenters. The Morgan fingerprint density at radius 3 is 2.64 bits per heavy atom. The summed E-state index contributed by atoms with van der Waals surface area (Å²) < 4.78 is 16.2. The van der Waals surface area contributed by atoms with Crippen LogP contribution in [0.1, 0.15) is 44.3 Å². The van der Waals surface area contributed by atoms with Gasteiger partial charge in [0.25, 0.3) is 0 Å². The van der Waals surface area contributed by atoms with Crippen molar-refractivity contribution in [3.05, 3.63) is 58.7 Å². The standard InChI is InChI=1S/C20H22FN5O2/c21-14-8-10-16(11-9-14)25-12-13-26-17(23-24-19(26)20(25)28)6-3-7-18(27)22-15-4-1-2-5-15/h8-13,15H,1-7H2,(H,22,27). The van der Waals surface area contributed by atoms with Crippen molar-refractivity contribution >= 4 is 11.6 Å². The first-order chi connectivity index (χ1) is 13.6. The topological polar surface area (TPSA) is 81.3 Å². The molecule has 1 fully saturated rings. The Kier molecular flexibility index (Phi) is 5.18. The summed E-state index contributed by atoms with van der Waals surface area (Å²) in [4.78, 5) is 24.7. The Morgan fingerprint density at radius 2 is 1.89 bits per heavy atom. The smallest absolute Gasteiger partial charge is 0.300 e. The molecule has 0 aliphatic heterocycles. The van der Waals surface area contributed by atoms with Crippen LogP contribution in [0.3, 0.4) is 0 Å². The Morgan fingerprint density at radius 1 is 1.14 bits per heavy atom. The molecule has 0 unspecified atom stereocenters. The van der Waals surface area contributed by atoms with Crippen LogP contribution in [-0.2, 0) is 11.2 Å². The summed E-state index contributed by atoms with van der Waals surface area (Å²) in [5.74, 6) is 0.353. The highest BCUT2D eigenvalue weighted by Crippen LogP contribution is 2.17. The number of carbonyl (C=O) groups is 1. The van der Waals surface area contributed by atoms with E-state index in [-0.39, 0.29) is 22.9 Å². The molecule has 2 heterocycles. The van der Waals surface area contributed by atoms with Gasteiger partial charge in [-0.3, -0.25) is 18.6 Å². The molecule has 1 saturated carbocycles. The lowest BCUT2D eigenvalue weighted by molar-refractivity contribution is -0.121. The summed E-state index contributed by atoms with van der Waals surface area (Å²) in [6.45, 7) is 0. The monoisotopic (exact) mass is 383 g/mol. The second kappa shape index (κ2) is 7.92. The summed E-state index contributed by atoms with van der Waals surface area (Å²) in [5, 5.41) is 11.2. The van der Waals surface area contributed by atoms with Crippen molar-refractivity contribution in [3.63, 3.8) is 0 Å². The minimum absolute atomic E-state index is 0.0689. The Labute approximate surface area is 161 Å². The molecule has 2 aromatic heterocycles. The molecule has 1 aromatic carbocycles. The number of aromatic nitrogens is 4. The van der Waals surface area contributed by atoms with E-state index in [1.54, 1.807) is 16.8 Å². The number of rotatable bonds is 6. The minimum Gasteiger partial charge on any atom is -0.353 e. The van der Waals surface area contributed by atoms with Crippen LogP contribution in [0.25, 0.3) is 11.3 Å². The predicted octanol–water partition coefficient (Wildman–Crippen LogP) is 2.40. The van der Waals surface area contributed by atoms with Crippen molar-refractivity contribution in [2.45, 2.75) is 51.0 Å². The molecule has 1 amide bonds. The maximum absolute atomic E-state index is 13.1. The highest BCUT2D eigenvalue weighted by molar-refractivity contribution is 5.76. The number of amides is 1. The second-order valence-corrected chi connectivity index (χ2v) is 7.16. The van der Waals surface area contributed by atoms with Crippen molar-refractivity contribution in [1.29, 1.82) is 0 Å². The van der Waals surface area contributed by atoms with Crippen molar-refractivity contribution < 1.29 is 9.18 Å². The number of hydrogen-bond donors (Lipinski definition) is 1. The first-order valence-corrected chi connectivity index (χ1v) is 9.62. The number of nitrogens with zero attached hydrogens (tertiary/aromatic N) is 4. The molecule has 0 saturated heterocycles. The van der Waals surface area contributed by atoms with E-state index >= 15 is 0 Å². The molecule has 4 rings (SSSR count). The van der Waals surface area contributed by atoms with Crippen molar-refractivity contribution in [2.75, 3.05) is 0 Å². The van der Waals surface area contributed by atoms with E-state index in [9.17, 15) is 14.0 Å². The van der Waals surface area contributed by atoms with Crippen LogP contribution in [0.5, 0.6) is 0 Å². The molecule has 0 radical (unpaired) electrons. The van der Waals surface area contributed by atoms with Crippen molar-refractivity contribution in [3.8, 4) is 5.69 Å². The van der Waals surface area contributed by atoms with Crippen LogP contribution >= 0.6 is 0 Å². The minimum atomic E-state index is -0.361. The third-order valence-electron chi connectivity index (χ3n) is 5.17. The quantitative estimate of drug-likeness (QED) is 0.709. The molecule has 7 nitrogen and oxygen atoms in total. The van der Waals surface area contributed by atoms with Crippen molar-refractivity contribution in [1.82, 2.24) is 24.5 Å². The average molecular weight is 383 g/mol. The summed E-state index contributed by atoms with van der Waals surface area (Å²) in [7, 11) is 0. The first-order valence-electron chi connectivity index (χ1n) is 9.62. The number of nitrogens with one attached hydrogen (secondary N) is 1. The lowest BCUT2D eigenvalue weighted by atomic mass is 10.2. The van der Waals surface area contributed by atoms with E-state index < -0.39 is 0 Å². The fraction of sp³-hybridized carbons (Fsp3) is 0.400. The maximum atomic E-state index is 13.1. The van der Waals surface area contributed by atoms with Crippen LogP contribution in [0.4, 0.5) is 4.39 Å². The lowest BCUT2D eigenvalue weighted by Gasteiger charge is -2.11. The van der Waals surface area contributed by atoms with Gasteiger partial charge in [0.05, 0.1) is 0 Å². The molecule has 1 N–H and O–H groups in total. The number of hydrogen-bond acceptors (Lipinski definition) is 4. The highest BCUT2D eigenvalue weighted by Gasteiger charge is 2.17. The van der Waals surface area contributed by atoms with Gasteiger partial charge < -0.3 is 5.32 Å². The van der Waals surface area contributed by atoms with Gasteiger partial charge in [-0.15, -0.1) is 10.2 Å². The Hall–Kier alpha value is -3.03. The van der Waals surface area contributed by atoms with Crippen LogP contribution < -0.4 is 10.9 Å². The van der Waals surface area contributed by atoms with Gasteiger partial charge in [-0.1, -0.05) is 12.8 Å². The molecular weight excluding hydrogens is 361 g/mol. The first kappa shape index (κ1) is 18.3. The Bertz CT molecular complexity index is 1030. The zero-order valence-electron chi connectivity index (χ0n) is 15.5. The largest absolute Gasteiger partial charge is 0.353 e. The fourth-order valence-electron chi connectivity index (χ4n) is 3.69. The van der Waals surface area contributed by atoms with Gasteiger partial charge in [-0.05, 0) is 43.5 Å². The van der Waals surface area contributed by atoms with Gasteiger partial charge in [0, 0.05) is 37.0 Å². The van der Waals surface area contributed by atoms with E-state index in [2.05, 4.69) is 15.5 Å². The SMILES string of the molecule is O=C(CCCc1nnc2c(=O)n(-c3ccc(F)cc3)ccn12)NC1CCCC1. The molecule has 28 heavy (non-hydrogen) atoms. The summed E-state index contributed by atoms with van der Waals surface area (Å²) in [5.41, 5.74) is 0.436. The van der Waals surface area contributed by atoms with Gasteiger partial charge in [0.15, 0.2) is 0 Å². The van der Waals surface area contributed by atoms with Gasteiger partial charge in [-0.2, -0.15) is 0 Å². The van der Waals surface area contributed by atoms with Gasteiger partial charge in [0.2, 0.25) is 11.6 Å². The molecule has 1 aliphatic carbocycles. The number of halogens is 1. The van der Waals surface area contributed by atoms with Crippen LogP contribution in [0, 0.1) is 5.82 Å². The molecule has 1 aliphatic rings. The fourth-order valence-corrected chi connectivity index (χ4v) is 3.69. The number of fused-ring (bicyclic) bond motifs is 1. The summed E-state index contributed by atoms with van der Waals surface area (Å²) in [6, 6.07) is 6.00. The number of carbonyl (C=O) groups excluding carboxylic acids is 1. The van der Waals surface area contributed by atoms with Gasteiger partial charge >= 0.3 is 5.56 Å². The Balaban J connectivity index is 1.44. The summed E-state index contributed by atoms with van der Waals surface area (Å²) >= 11 is 0. The van der Waals surface area contributed by atoms with E-state index in [0.29, 0.717) is 36.8 Å². The van der Waals surface area contributed by atoms with Crippen molar-refractivity contribution in [2.24, 2.45) is 0 Å². The molecule has 146 valence electrons. The van der Waals surface area contributed by atoms with Crippen LogP contribution in [0.15, 0.2) is 41.5 Å². The van der Waals surface area contributed by atoms with E-state index in [0.717, 1.165) is 12.8 Å².